The minimum absolute atomic E-state index is 0.287. The van der Waals surface area contributed by atoms with E-state index in [4.69, 9.17) is 0 Å². The molecule has 2 unspecified atom stereocenters. The van der Waals surface area contributed by atoms with Gasteiger partial charge >= 0.3 is 0 Å². The van der Waals surface area contributed by atoms with Crippen LogP contribution in [-0.4, -0.2) is 32.5 Å². The lowest BCUT2D eigenvalue weighted by Crippen LogP contribution is -2.40. The number of aryl methyl sites for hydroxylation is 1. The molecule has 1 heterocycles. The molecule has 0 spiro atoms. The Kier molecular flexibility index (Phi) is 4.12. The molecule has 0 aliphatic heterocycles. The van der Waals surface area contributed by atoms with Gasteiger partial charge in [-0.1, -0.05) is 12.8 Å². The van der Waals surface area contributed by atoms with Crippen molar-refractivity contribution in [1.82, 2.24) is 20.1 Å². The largest absolute Gasteiger partial charge is 0.396 e. The van der Waals surface area contributed by atoms with Gasteiger partial charge < -0.3 is 15.0 Å². The number of hydrogen-bond acceptors (Lipinski definition) is 4. The first kappa shape index (κ1) is 12.5. The highest BCUT2D eigenvalue weighted by Crippen LogP contribution is 2.24. The Morgan fingerprint density at radius 3 is 2.76 bits per heavy atom. The molecule has 96 valence electrons. The molecule has 5 nitrogen and oxygen atoms in total. The summed E-state index contributed by atoms with van der Waals surface area (Å²) in [6.07, 6.45) is 4.78. The summed E-state index contributed by atoms with van der Waals surface area (Å²) in [5.74, 6) is 2.30. The molecule has 0 saturated heterocycles. The topological polar surface area (TPSA) is 63.0 Å². The van der Waals surface area contributed by atoms with Crippen molar-refractivity contribution in [2.75, 3.05) is 6.61 Å². The zero-order valence-corrected chi connectivity index (χ0v) is 10.7. The van der Waals surface area contributed by atoms with E-state index in [1.54, 1.807) is 0 Å². The highest BCUT2D eigenvalue weighted by Gasteiger charge is 2.24. The molecule has 0 aromatic carbocycles. The molecule has 2 rings (SSSR count). The minimum atomic E-state index is 0.287. The van der Waals surface area contributed by atoms with E-state index in [1.807, 2.05) is 18.5 Å². The molecule has 1 aliphatic rings. The summed E-state index contributed by atoms with van der Waals surface area (Å²) in [5.41, 5.74) is 0. The van der Waals surface area contributed by atoms with Gasteiger partial charge in [-0.2, -0.15) is 0 Å². The zero-order valence-electron chi connectivity index (χ0n) is 10.7. The van der Waals surface area contributed by atoms with Gasteiger partial charge in [-0.3, -0.25) is 0 Å². The van der Waals surface area contributed by atoms with E-state index >= 15 is 0 Å². The van der Waals surface area contributed by atoms with Gasteiger partial charge in [0.15, 0.2) is 0 Å². The Hall–Kier alpha value is -0.940. The predicted molar refractivity (Wildman–Crippen MR) is 65.4 cm³/mol. The summed E-state index contributed by atoms with van der Waals surface area (Å²) >= 11 is 0. The van der Waals surface area contributed by atoms with Crippen molar-refractivity contribution in [2.45, 2.75) is 45.2 Å². The van der Waals surface area contributed by atoms with Crippen molar-refractivity contribution in [1.29, 1.82) is 0 Å². The molecule has 0 bridgehead atoms. The molecule has 1 fully saturated rings. The van der Waals surface area contributed by atoms with Gasteiger partial charge in [0, 0.05) is 19.7 Å². The van der Waals surface area contributed by atoms with E-state index in [0.29, 0.717) is 12.0 Å². The molecule has 0 amide bonds. The van der Waals surface area contributed by atoms with Crippen LogP contribution in [0.1, 0.15) is 37.3 Å². The van der Waals surface area contributed by atoms with Crippen molar-refractivity contribution in [3.8, 4) is 0 Å². The normalized spacial score (nSPS) is 25.1. The molecule has 1 aliphatic carbocycles. The van der Waals surface area contributed by atoms with Crippen LogP contribution in [0, 0.1) is 12.8 Å². The summed E-state index contributed by atoms with van der Waals surface area (Å²) < 4.78 is 2.00. The van der Waals surface area contributed by atoms with Crippen LogP contribution in [0.15, 0.2) is 0 Å². The predicted octanol–water partition coefficient (Wildman–Crippen LogP) is 0.764. The van der Waals surface area contributed by atoms with E-state index in [9.17, 15) is 5.11 Å². The number of aromatic nitrogens is 3. The molecule has 2 N–H and O–H groups in total. The van der Waals surface area contributed by atoms with Gasteiger partial charge in [-0.25, -0.2) is 0 Å². The average Bonchev–Trinajstić information content (AvgIpc) is 2.68. The fraction of sp³-hybridized carbons (Fsp3) is 0.833. The minimum Gasteiger partial charge on any atom is -0.396 e. The second-order valence-electron chi connectivity index (χ2n) is 4.94. The highest BCUT2D eigenvalue weighted by molar-refractivity contribution is 4.93. The lowest BCUT2D eigenvalue weighted by Gasteiger charge is -2.30. The second kappa shape index (κ2) is 5.60. The molecule has 1 aromatic heterocycles. The number of rotatable bonds is 4. The van der Waals surface area contributed by atoms with Gasteiger partial charge in [0.25, 0.3) is 0 Å². The second-order valence-corrected chi connectivity index (χ2v) is 4.94. The monoisotopic (exact) mass is 238 g/mol. The van der Waals surface area contributed by atoms with E-state index in [1.165, 1.54) is 12.8 Å². The maximum atomic E-state index is 9.34. The molecule has 1 saturated carbocycles. The fourth-order valence-corrected chi connectivity index (χ4v) is 2.52. The fourth-order valence-electron chi connectivity index (χ4n) is 2.52. The Labute approximate surface area is 102 Å². The first-order valence-electron chi connectivity index (χ1n) is 6.41. The smallest absolute Gasteiger partial charge is 0.146 e. The van der Waals surface area contributed by atoms with Gasteiger partial charge in [0.05, 0.1) is 6.54 Å². The van der Waals surface area contributed by atoms with Crippen LogP contribution in [0.2, 0.25) is 0 Å². The molecule has 1 aromatic rings. The molecule has 0 radical (unpaired) electrons. The van der Waals surface area contributed by atoms with Crippen LogP contribution < -0.4 is 5.32 Å². The van der Waals surface area contributed by atoms with Gasteiger partial charge in [0.1, 0.15) is 11.6 Å². The van der Waals surface area contributed by atoms with Crippen LogP contribution >= 0.6 is 0 Å². The highest BCUT2D eigenvalue weighted by atomic mass is 16.3. The lowest BCUT2D eigenvalue weighted by atomic mass is 9.85. The zero-order chi connectivity index (χ0) is 12.3. The van der Waals surface area contributed by atoms with Gasteiger partial charge in [-0.15, -0.1) is 10.2 Å². The Morgan fingerprint density at radius 2 is 2.12 bits per heavy atom. The average molecular weight is 238 g/mol. The lowest BCUT2D eigenvalue weighted by molar-refractivity contribution is 0.151. The number of hydrogen-bond donors (Lipinski definition) is 2. The van der Waals surface area contributed by atoms with Gasteiger partial charge in [-0.05, 0) is 25.7 Å². The van der Waals surface area contributed by atoms with Crippen molar-refractivity contribution < 1.29 is 5.11 Å². The number of nitrogens with zero attached hydrogens (tertiary/aromatic N) is 3. The van der Waals surface area contributed by atoms with Crippen molar-refractivity contribution in [2.24, 2.45) is 13.0 Å². The summed E-state index contributed by atoms with van der Waals surface area (Å²) in [5, 5.41) is 21.0. The standard InChI is InChI=1S/C12H22N4O/c1-9-14-15-12(16(9)2)7-13-11-6-4-3-5-10(11)8-17/h10-11,13,17H,3-8H2,1-2H3. The first-order chi connectivity index (χ1) is 8.22. The number of aliphatic hydroxyl groups excluding tert-OH is 1. The first-order valence-corrected chi connectivity index (χ1v) is 6.41. The third kappa shape index (κ3) is 2.84. The SMILES string of the molecule is Cc1nnc(CNC2CCCCC2CO)n1C. The van der Waals surface area contributed by atoms with Crippen LogP contribution in [0.25, 0.3) is 0 Å². The Bertz CT molecular complexity index is 363. The Balaban J connectivity index is 1.90. The van der Waals surface area contributed by atoms with E-state index < -0.39 is 0 Å². The van der Waals surface area contributed by atoms with Crippen molar-refractivity contribution in [3.63, 3.8) is 0 Å². The Morgan fingerprint density at radius 1 is 1.35 bits per heavy atom. The van der Waals surface area contributed by atoms with Crippen LogP contribution in [0.4, 0.5) is 0 Å². The van der Waals surface area contributed by atoms with Crippen LogP contribution in [-0.2, 0) is 13.6 Å². The molecular formula is C12H22N4O. The summed E-state index contributed by atoms with van der Waals surface area (Å²) in [4.78, 5) is 0. The summed E-state index contributed by atoms with van der Waals surface area (Å²) in [6.45, 7) is 2.97. The quantitative estimate of drug-likeness (QED) is 0.813. The van der Waals surface area contributed by atoms with Crippen LogP contribution in [0.3, 0.4) is 0 Å². The maximum absolute atomic E-state index is 9.34. The number of aliphatic hydroxyl groups is 1. The molecule has 2 atom stereocenters. The maximum Gasteiger partial charge on any atom is 0.146 e. The van der Waals surface area contributed by atoms with Crippen LogP contribution in [0.5, 0.6) is 0 Å². The third-order valence-electron chi connectivity index (χ3n) is 3.85. The molecule has 5 heteroatoms. The van der Waals surface area contributed by atoms with Gasteiger partial charge in [0.2, 0.25) is 0 Å². The van der Waals surface area contributed by atoms with E-state index in [2.05, 4.69) is 15.5 Å². The third-order valence-corrected chi connectivity index (χ3v) is 3.85. The molecular weight excluding hydrogens is 216 g/mol. The molecule has 17 heavy (non-hydrogen) atoms. The van der Waals surface area contributed by atoms with E-state index in [-0.39, 0.29) is 6.61 Å². The number of nitrogens with one attached hydrogen (secondary N) is 1. The van der Waals surface area contributed by atoms with Crippen molar-refractivity contribution in [3.05, 3.63) is 11.6 Å². The van der Waals surface area contributed by atoms with E-state index in [0.717, 1.165) is 31.0 Å². The summed E-state index contributed by atoms with van der Waals surface area (Å²) in [6, 6.07) is 0.422. The summed E-state index contributed by atoms with van der Waals surface area (Å²) in [7, 11) is 1.98. The van der Waals surface area contributed by atoms with Crippen molar-refractivity contribution >= 4 is 0 Å².